The van der Waals surface area contributed by atoms with E-state index in [9.17, 15) is 8.42 Å². The third kappa shape index (κ3) is 3.65. The Balaban J connectivity index is 2.17. The van der Waals surface area contributed by atoms with Crippen LogP contribution in [0.5, 0.6) is 0 Å². The van der Waals surface area contributed by atoms with Crippen molar-refractivity contribution < 1.29 is 8.42 Å². The maximum atomic E-state index is 12.7. The van der Waals surface area contributed by atoms with Crippen LogP contribution in [0.15, 0.2) is 29.2 Å². The average Bonchev–Trinajstić information content (AvgIpc) is 2.48. The molecule has 1 aliphatic rings. The largest absolute Gasteiger partial charge is 0.327 e. The van der Waals surface area contributed by atoms with Gasteiger partial charge in [-0.2, -0.15) is 4.31 Å². The highest BCUT2D eigenvalue weighted by molar-refractivity contribution is 7.89. The minimum atomic E-state index is -3.38. The molecule has 1 aromatic carbocycles. The van der Waals surface area contributed by atoms with Gasteiger partial charge in [0, 0.05) is 19.1 Å². The molecule has 4 nitrogen and oxygen atoms in total. The summed E-state index contributed by atoms with van der Waals surface area (Å²) in [4.78, 5) is 0.396. The van der Waals surface area contributed by atoms with Crippen LogP contribution in [0.2, 0.25) is 0 Å². The molecule has 21 heavy (non-hydrogen) atoms. The van der Waals surface area contributed by atoms with Gasteiger partial charge < -0.3 is 5.73 Å². The zero-order chi connectivity index (χ0) is 15.5. The summed E-state index contributed by atoms with van der Waals surface area (Å²) in [6, 6.07) is 7.42. The topological polar surface area (TPSA) is 63.4 Å². The third-order valence-corrected chi connectivity index (χ3v) is 6.26. The summed E-state index contributed by atoms with van der Waals surface area (Å²) in [5, 5.41) is 0. The Morgan fingerprint density at radius 1 is 1.24 bits per heavy atom. The molecule has 0 aliphatic carbocycles. The number of aryl methyl sites for hydroxylation is 1. The molecule has 0 spiro atoms. The molecule has 1 aromatic rings. The van der Waals surface area contributed by atoms with Crippen LogP contribution in [-0.4, -0.2) is 31.9 Å². The fourth-order valence-corrected chi connectivity index (χ4v) is 4.44. The van der Waals surface area contributed by atoms with Gasteiger partial charge in [-0.25, -0.2) is 8.42 Å². The Bertz CT molecular complexity index is 554. The first kappa shape index (κ1) is 16.5. The van der Waals surface area contributed by atoms with Crippen LogP contribution in [0.25, 0.3) is 0 Å². The molecule has 1 aliphatic heterocycles. The van der Waals surface area contributed by atoms with E-state index < -0.39 is 10.0 Å². The second kappa shape index (κ2) is 6.90. The Labute approximate surface area is 128 Å². The van der Waals surface area contributed by atoms with Crippen molar-refractivity contribution in [3.8, 4) is 0 Å². The molecule has 0 aromatic heterocycles. The van der Waals surface area contributed by atoms with Crippen molar-refractivity contribution in [1.82, 2.24) is 4.31 Å². The maximum absolute atomic E-state index is 12.7. The summed E-state index contributed by atoms with van der Waals surface area (Å²) in [6.45, 7) is 5.25. The third-order valence-electron chi connectivity index (χ3n) is 4.38. The van der Waals surface area contributed by atoms with Crippen molar-refractivity contribution in [2.24, 2.45) is 11.7 Å². The van der Waals surface area contributed by atoms with E-state index in [1.54, 1.807) is 16.4 Å². The van der Waals surface area contributed by atoms with Gasteiger partial charge in [-0.1, -0.05) is 38.8 Å². The Kier molecular flexibility index (Phi) is 5.41. The predicted molar refractivity (Wildman–Crippen MR) is 85.6 cm³/mol. The molecule has 2 unspecified atom stereocenters. The van der Waals surface area contributed by atoms with Gasteiger partial charge in [-0.15, -0.1) is 0 Å². The van der Waals surface area contributed by atoms with E-state index in [1.807, 2.05) is 12.1 Å². The van der Waals surface area contributed by atoms with Crippen molar-refractivity contribution in [2.75, 3.05) is 13.1 Å². The van der Waals surface area contributed by atoms with Crippen LogP contribution >= 0.6 is 0 Å². The molecule has 0 amide bonds. The smallest absolute Gasteiger partial charge is 0.243 e. The minimum Gasteiger partial charge on any atom is -0.327 e. The lowest BCUT2D eigenvalue weighted by Crippen LogP contribution is -2.48. The zero-order valence-electron chi connectivity index (χ0n) is 13.0. The van der Waals surface area contributed by atoms with Crippen molar-refractivity contribution in [2.45, 2.75) is 50.5 Å². The second-order valence-electron chi connectivity index (χ2n) is 5.88. The first-order valence-corrected chi connectivity index (χ1v) is 9.27. The lowest BCUT2D eigenvalue weighted by atomic mass is 9.92. The van der Waals surface area contributed by atoms with E-state index in [2.05, 4.69) is 13.8 Å². The SMILES string of the molecule is CCCc1ccc(S(=O)(=O)N2CCC(N)C(CC)C2)cc1. The van der Waals surface area contributed by atoms with E-state index in [-0.39, 0.29) is 12.0 Å². The van der Waals surface area contributed by atoms with Gasteiger partial charge in [-0.3, -0.25) is 0 Å². The van der Waals surface area contributed by atoms with Crippen molar-refractivity contribution in [3.05, 3.63) is 29.8 Å². The number of piperidine rings is 1. The fraction of sp³-hybridized carbons (Fsp3) is 0.625. The summed E-state index contributed by atoms with van der Waals surface area (Å²) in [6.07, 6.45) is 3.71. The molecular formula is C16H26N2O2S. The Morgan fingerprint density at radius 3 is 2.48 bits per heavy atom. The number of rotatable bonds is 5. The molecule has 2 N–H and O–H groups in total. The highest BCUT2D eigenvalue weighted by atomic mass is 32.2. The molecule has 0 radical (unpaired) electrons. The van der Waals surface area contributed by atoms with Gasteiger partial charge in [0.05, 0.1) is 4.90 Å². The molecule has 1 heterocycles. The van der Waals surface area contributed by atoms with E-state index in [0.29, 0.717) is 18.0 Å². The van der Waals surface area contributed by atoms with Gasteiger partial charge in [0.15, 0.2) is 0 Å². The predicted octanol–water partition coefficient (Wildman–Crippen LogP) is 2.39. The maximum Gasteiger partial charge on any atom is 0.243 e. The van der Waals surface area contributed by atoms with Crippen molar-refractivity contribution in [3.63, 3.8) is 0 Å². The summed E-state index contributed by atoms with van der Waals surface area (Å²) < 4.78 is 27.0. The lowest BCUT2D eigenvalue weighted by Gasteiger charge is -2.35. The van der Waals surface area contributed by atoms with E-state index in [0.717, 1.165) is 25.7 Å². The molecule has 2 atom stereocenters. The van der Waals surface area contributed by atoms with Gasteiger partial charge >= 0.3 is 0 Å². The first-order valence-electron chi connectivity index (χ1n) is 7.83. The molecule has 2 rings (SSSR count). The van der Waals surface area contributed by atoms with Crippen molar-refractivity contribution in [1.29, 1.82) is 0 Å². The van der Waals surface area contributed by atoms with E-state index >= 15 is 0 Å². The number of nitrogens with two attached hydrogens (primary N) is 1. The minimum absolute atomic E-state index is 0.119. The first-order chi connectivity index (χ1) is 9.98. The second-order valence-corrected chi connectivity index (χ2v) is 7.82. The highest BCUT2D eigenvalue weighted by Crippen LogP contribution is 2.25. The van der Waals surface area contributed by atoms with Crippen LogP contribution < -0.4 is 5.73 Å². The lowest BCUT2D eigenvalue weighted by molar-refractivity contribution is 0.230. The molecular weight excluding hydrogens is 284 g/mol. The normalized spacial score (nSPS) is 24.1. The van der Waals surface area contributed by atoms with Crippen LogP contribution in [0.1, 0.15) is 38.7 Å². The van der Waals surface area contributed by atoms with Crippen LogP contribution in [0.3, 0.4) is 0 Å². The van der Waals surface area contributed by atoms with Gasteiger partial charge in [-0.05, 0) is 36.5 Å². The number of nitrogens with zero attached hydrogens (tertiary/aromatic N) is 1. The number of hydrogen-bond donors (Lipinski definition) is 1. The average molecular weight is 310 g/mol. The van der Waals surface area contributed by atoms with Gasteiger partial charge in [0.25, 0.3) is 0 Å². The molecule has 0 bridgehead atoms. The van der Waals surface area contributed by atoms with E-state index in [1.165, 1.54) is 5.56 Å². The summed E-state index contributed by atoms with van der Waals surface area (Å²) in [5.74, 6) is 0.257. The van der Waals surface area contributed by atoms with E-state index in [4.69, 9.17) is 5.73 Å². The van der Waals surface area contributed by atoms with Gasteiger partial charge in [0.1, 0.15) is 0 Å². The molecule has 118 valence electrons. The van der Waals surface area contributed by atoms with Gasteiger partial charge in [0.2, 0.25) is 10.0 Å². The molecule has 1 fully saturated rings. The van der Waals surface area contributed by atoms with Crippen LogP contribution in [0, 0.1) is 5.92 Å². The summed E-state index contributed by atoms with van der Waals surface area (Å²) in [5.41, 5.74) is 7.25. The van der Waals surface area contributed by atoms with Crippen LogP contribution in [-0.2, 0) is 16.4 Å². The quantitative estimate of drug-likeness (QED) is 0.908. The summed E-state index contributed by atoms with van der Waals surface area (Å²) in [7, 11) is -3.38. The molecule has 0 saturated carbocycles. The monoisotopic (exact) mass is 310 g/mol. The zero-order valence-corrected chi connectivity index (χ0v) is 13.8. The Hall–Kier alpha value is -0.910. The Morgan fingerprint density at radius 2 is 1.90 bits per heavy atom. The molecule has 1 saturated heterocycles. The highest BCUT2D eigenvalue weighted by Gasteiger charge is 2.33. The standard InChI is InChI=1S/C16H26N2O2S/c1-3-5-13-6-8-15(9-7-13)21(19,20)18-11-10-16(17)14(4-2)12-18/h6-9,14,16H,3-5,10-12,17H2,1-2H3. The number of benzene rings is 1. The number of hydrogen-bond acceptors (Lipinski definition) is 3. The van der Waals surface area contributed by atoms with Crippen molar-refractivity contribution >= 4 is 10.0 Å². The summed E-state index contributed by atoms with van der Waals surface area (Å²) >= 11 is 0. The van der Waals surface area contributed by atoms with Crippen LogP contribution in [0.4, 0.5) is 0 Å². The molecule has 5 heteroatoms. The number of sulfonamides is 1. The fourth-order valence-electron chi connectivity index (χ4n) is 2.93.